The van der Waals surface area contributed by atoms with Crippen LogP contribution >= 0.6 is 0 Å². The van der Waals surface area contributed by atoms with Crippen molar-refractivity contribution in [1.82, 2.24) is 28.5 Å². The minimum absolute atomic E-state index is 0.188. The van der Waals surface area contributed by atoms with Crippen LogP contribution in [0, 0.1) is 0 Å². The molecule has 6 aliphatic heterocycles. The third-order valence-electron chi connectivity index (χ3n) is 11.5. The highest BCUT2D eigenvalue weighted by atomic mass is 16.4. The molecule has 0 radical (unpaired) electrons. The van der Waals surface area contributed by atoms with Gasteiger partial charge in [-0.3, -0.25) is 0 Å². The lowest BCUT2D eigenvalue weighted by Gasteiger charge is -2.36. The number of likely N-dealkylation sites (tertiary alicyclic amines) is 2. The van der Waals surface area contributed by atoms with Gasteiger partial charge in [-0.15, -0.1) is 14.1 Å². The second kappa shape index (κ2) is 12.2. The highest BCUT2D eigenvalue weighted by molar-refractivity contribution is 6.05. The van der Waals surface area contributed by atoms with Crippen molar-refractivity contribution in [1.29, 1.82) is 0 Å². The van der Waals surface area contributed by atoms with E-state index in [1.807, 2.05) is 109 Å². The van der Waals surface area contributed by atoms with Gasteiger partial charge in [0.05, 0.1) is 6.54 Å². The number of amides is 4. The number of quaternary nitrogens is 2. The van der Waals surface area contributed by atoms with E-state index in [2.05, 4.69) is 0 Å². The molecular weight excluding hydrogens is 672 g/mol. The number of fused-ring (bicyclic) bond motifs is 4. The van der Waals surface area contributed by atoms with Crippen LogP contribution in [0.2, 0.25) is 0 Å². The summed E-state index contributed by atoms with van der Waals surface area (Å²) in [4.78, 5) is 57.8. The third kappa shape index (κ3) is 4.65. The zero-order valence-corrected chi connectivity index (χ0v) is 28.8. The molecule has 9 rings (SSSR count). The Labute approximate surface area is 305 Å². The molecule has 6 aliphatic rings. The molecule has 266 valence electrons. The number of carboxylic acid groups (broad SMARTS) is 2. The van der Waals surface area contributed by atoms with Gasteiger partial charge in [-0.2, -0.15) is 0 Å². The van der Waals surface area contributed by atoms with Gasteiger partial charge in [0, 0.05) is 68.1 Å². The summed E-state index contributed by atoms with van der Waals surface area (Å²) in [6, 6.07) is 17.5. The van der Waals surface area contributed by atoms with Gasteiger partial charge in [0.15, 0.2) is 22.8 Å². The number of rotatable bonds is 8. The minimum Gasteiger partial charge on any atom is -0.530 e. The molecule has 3 aromatic rings. The van der Waals surface area contributed by atoms with Crippen molar-refractivity contribution in [3.63, 3.8) is 0 Å². The summed E-state index contributed by atoms with van der Waals surface area (Å²) >= 11 is 0. The van der Waals surface area contributed by atoms with E-state index >= 15 is 9.59 Å². The molecule has 4 amide bonds. The first kappa shape index (κ1) is 32.8. The van der Waals surface area contributed by atoms with E-state index in [0.29, 0.717) is 65.7 Å². The Kier molecular flexibility index (Phi) is 7.57. The Bertz CT molecular complexity index is 2240. The highest BCUT2D eigenvalue weighted by Crippen LogP contribution is 2.54. The van der Waals surface area contributed by atoms with Gasteiger partial charge in [-0.05, 0) is 36.8 Å². The van der Waals surface area contributed by atoms with E-state index in [4.69, 9.17) is 5.10 Å². The van der Waals surface area contributed by atoms with E-state index in [1.54, 1.807) is 4.68 Å². The van der Waals surface area contributed by atoms with Crippen LogP contribution in [0.3, 0.4) is 0 Å². The summed E-state index contributed by atoms with van der Waals surface area (Å²) in [5.41, 5.74) is 4.96. The Hall–Kier alpha value is -6.11. The van der Waals surface area contributed by atoms with Gasteiger partial charge in [0.1, 0.15) is 29.8 Å². The normalized spacial score (nSPS) is 22.6. The average molecular weight is 709 g/mol. The predicted molar refractivity (Wildman–Crippen MR) is 191 cm³/mol. The number of nitrogens with zero attached hydrogens (tertiary/aromatic N) is 6. The molecule has 0 saturated carbocycles. The number of aromatic nitrogens is 2. The summed E-state index contributed by atoms with van der Waals surface area (Å²) in [5.74, 6) is 0.161. The highest BCUT2D eigenvalue weighted by Gasteiger charge is 2.63. The lowest BCUT2D eigenvalue weighted by atomic mass is 10.0. The molecule has 4 bridgehead atoms. The van der Waals surface area contributed by atoms with Gasteiger partial charge in [-0.25, -0.2) is 14.3 Å². The molecule has 0 spiro atoms. The molecule has 7 heterocycles. The average Bonchev–Trinajstić information content (AvgIpc) is 4.04. The second-order valence-electron chi connectivity index (χ2n) is 14.2. The molecule has 53 heavy (non-hydrogen) atoms. The number of allylic oxidation sites excluding steroid dienone is 8. The van der Waals surface area contributed by atoms with Crippen molar-refractivity contribution in [2.24, 2.45) is 0 Å². The standard InChI is InChI=1S/C41H36N6O6/c48-38(34-13-7-23-43(34)40(50)51)46(29-15-16-30(46)18-17-29)36-33(25-27-9-3-1-4-10-27)37(45(42-36)26-28-11-5-2-6-12-28)47(31-19-20-32(47)22-21-31)39(49)35-14-8-24-44(35)41(52)53/h1-6,9-12,15-22,34-35H,7-8,13-14,23-26H2/t34-,35-/m0/s1. The van der Waals surface area contributed by atoms with Crippen LogP contribution in [0.4, 0.5) is 21.2 Å². The topological polar surface area (TPSA) is 139 Å². The number of hydrogen-bond acceptors (Lipinski definition) is 7. The van der Waals surface area contributed by atoms with Crippen molar-refractivity contribution in [2.45, 2.75) is 50.7 Å². The smallest absolute Gasteiger partial charge is 0.352 e. The Balaban J connectivity index is 1.35. The van der Waals surface area contributed by atoms with E-state index in [-0.39, 0.29) is 37.9 Å². The quantitative estimate of drug-likeness (QED) is 0.327. The van der Waals surface area contributed by atoms with Crippen LogP contribution in [-0.4, -0.2) is 68.8 Å². The summed E-state index contributed by atoms with van der Waals surface area (Å²) < 4.78 is 0.945. The maximum absolute atomic E-state index is 15.5. The van der Waals surface area contributed by atoms with Crippen molar-refractivity contribution in [3.8, 4) is 0 Å². The molecule has 12 heteroatoms. The fourth-order valence-electron chi connectivity index (χ4n) is 9.18. The third-order valence-corrected chi connectivity index (χ3v) is 11.5. The van der Waals surface area contributed by atoms with Crippen LogP contribution in [0.1, 0.15) is 42.4 Å². The van der Waals surface area contributed by atoms with Crippen LogP contribution in [-0.2, 0) is 22.6 Å². The molecule has 1 aromatic heterocycles. The molecular formula is C41H36N6O6. The molecule has 0 aliphatic carbocycles. The fraction of sp³-hybridized carbons (Fsp3) is 0.244. The maximum atomic E-state index is 15.5. The summed E-state index contributed by atoms with van der Waals surface area (Å²) in [5, 5.41) is 30.2. The van der Waals surface area contributed by atoms with E-state index in [0.717, 1.165) is 20.9 Å². The number of benzene rings is 2. The first-order chi connectivity index (χ1) is 25.8. The molecule has 0 N–H and O–H groups in total. The lowest BCUT2D eigenvalue weighted by Crippen LogP contribution is -2.60. The second-order valence-corrected chi connectivity index (χ2v) is 14.2. The Morgan fingerprint density at radius 3 is 1.57 bits per heavy atom. The van der Waals surface area contributed by atoms with Crippen LogP contribution < -0.4 is 19.2 Å². The largest absolute Gasteiger partial charge is 0.530 e. The molecule has 0 unspecified atom stereocenters. The van der Waals surface area contributed by atoms with Crippen molar-refractivity contribution >= 4 is 35.6 Å². The SMILES string of the molecule is O=C([O-])N1CCC[C@H]1C(=O)[N+]1(c2nn(Cc3ccccc3)c([N+]3(C(=O)[C@@H]4CCCN4C(=O)[O-])C4=CC=C3C=C4)c2Cc2ccccc2)C2=CC=C1C=C2. The molecule has 2 saturated heterocycles. The molecule has 2 fully saturated rings. The van der Waals surface area contributed by atoms with E-state index in [9.17, 15) is 19.8 Å². The van der Waals surface area contributed by atoms with E-state index in [1.165, 1.54) is 0 Å². The Morgan fingerprint density at radius 2 is 1.09 bits per heavy atom. The van der Waals surface area contributed by atoms with Crippen LogP contribution in [0.25, 0.3) is 0 Å². The van der Waals surface area contributed by atoms with Crippen LogP contribution in [0.15, 0.2) is 132 Å². The van der Waals surface area contributed by atoms with E-state index < -0.39 is 33.2 Å². The van der Waals surface area contributed by atoms with Crippen LogP contribution in [0.5, 0.6) is 0 Å². The maximum Gasteiger partial charge on any atom is 0.352 e. The summed E-state index contributed by atoms with van der Waals surface area (Å²) in [6.45, 7) is 0.608. The first-order valence-electron chi connectivity index (χ1n) is 18.0. The predicted octanol–water partition coefficient (Wildman–Crippen LogP) is 3.51. The first-order valence-corrected chi connectivity index (χ1v) is 18.0. The molecule has 12 nitrogen and oxygen atoms in total. The van der Waals surface area contributed by atoms with Gasteiger partial charge in [0.2, 0.25) is 0 Å². The van der Waals surface area contributed by atoms with Gasteiger partial charge >= 0.3 is 11.8 Å². The number of carbonyl (C=O) groups is 4. The summed E-state index contributed by atoms with van der Waals surface area (Å²) in [6.07, 6.45) is 14.2. The zero-order chi connectivity index (χ0) is 36.5. The number of carbonyl (C=O) groups excluding carboxylic acids is 4. The molecule has 2 aromatic carbocycles. The Morgan fingerprint density at radius 1 is 0.642 bits per heavy atom. The number of hydrogen-bond donors (Lipinski definition) is 0. The fourth-order valence-corrected chi connectivity index (χ4v) is 9.18. The van der Waals surface area contributed by atoms with Gasteiger partial charge < -0.3 is 29.6 Å². The lowest BCUT2D eigenvalue weighted by molar-refractivity contribution is -0.267. The monoisotopic (exact) mass is 708 g/mol. The molecule has 2 atom stereocenters. The minimum atomic E-state index is -1.40. The zero-order valence-electron chi connectivity index (χ0n) is 28.8. The van der Waals surface area contributed by atoms with Crippen molar-refractivity contribution in [3.05, 3.63) is 149 Å². The summed E-state index contributed by atoms with van der Waals surface area (Å²) in [7, 11) is 0. The van der Waals surface area contributed by atoms with Crippen molar-refractivity contribution < 1.29 is 29.4 Å². The van der Waals surface area contributed by atoms with Crippen molar-refractivity contribution in [2.75, 3.05) is 13.1 Å². The van der Waals surface area contributed by atoms with Gasteiger partial charge in [-0.1, -0.05) is 60.7 Å². The van der Waals surface area contributed by atoms with Gasteiger partial charge in [0.25, 0.3) is 11.6 Å².